The largest absolute Gasteiger partial charge is 0.338 e. The van der Waals surface area contributed by atoms with Crippen LogP contribution >= 0.6 is 0 Å². The van der Waals surface area contributed by atoms with E-state index in [-0.39, 0.29) is 0 Å². The average Bonchev–Trinajstić information content (AvgIpc) is 3.72. The van der Waals surface area contributed by atoms with E-state index in [0.717, 1.165) is 28.0 Å². The fraction of sp³-hybridized carbons (Fsp3) is 0.0217. The molecule has 6 aromatic carbocycles. The van der Waals surface area contributed by atoms with Gasteiger partial charge in [-0.1, -0.05) is 128 Å². The molecule has 3 aromatic heterocycles. The number of hydrogen-bond acceptors (Lipinski definition) is 2. The highest BCUT2D eigenvalue weighted by atomic mass is 15.2. The summed E-state index contributed by atoms with van der Waals surface area (Å²) in [4.78, 5) is 0. The summed E-state index contributed by atoms with van der Waals surface area (Å²) in [6.07, 6.45) is 5.20. The summed E-state index contributed by atoms with van der Waals surface area (Å²) < 4.78 is 4.77. The van der Waals surface area contributed by atoms with Crippen LogP contribution in [0.5, 0.6) is 0 Å². The lowest BCUT2D eigenvalue weighted by molar-refractivity contribution is 1.18. The Hall–Kier alpha value is -6.85. The summed E-state index contributed by atoms with van der Waals surface area (Å²) in [7, 11) is 0. The number of rotatable bonds is 5. The molecule has 0 bridgehead atoms. The van der Waals surface area contributed by atoms with Crippen LogP contribution in [-0.2, 0) is 0 Å². The van der Waals surface area contributed by atoms with Gasteiger partial charge in [0.1, 0.15) is 0 Å². The molecule has 0 unspecified atom stereocenters. The molecule has 0 saturated carbocycles. The Balaban J connectivity index is 0.000000480. The molecule has 0 aliphatic carbocycles. The van der Waals surface area contributed by atoms with Crippen molar-refractivity contribution >= 4 is 71.4 Å². The Morgan fingerprint density at radius 1 is 0.608 bits per heavy atom. The fourth-order valence-corrected chi connectivity index (χ4v) is 7.16. The maximum atomic E-state index is 5.70. The molecule has 0 radical (unpaired) electrons. The molecule has 0 aliphatic rings. The van der Waals surface area contributed by atoms with Crippen LogP contribution in [0.3, 0.4) is 0 Å². The standard InChI is InChI=1S/C39H29N5.C7H8/c1-3-11-25(4-2)39(42-40)41-27-18-20-28(21-19-27)43-34-16-9-8-15-32(34)33-22-26-23-37-31-14-6-5-12-29(31)30-13-7-10-17-35(30)44(37)36(26)24-38(33)43;1-7-5-3-2-4-6-7/h3-24H,1-2,40H2,(H,41,42);2-6H,1H3/b25-11+;. The van der Waals surface area contributed by atoms with Crippen molar-refractivity contribution in [2.24, 2.45) is 10.9 Å². The molecule has 3 heterocycles. The van der Waals surface area contributed by atoms with Crippen molar-refractivity contribution in [3.8, 4) is 5.69 Å². The predicted molar refractivity (Wildman–Crippen MR) is 219 cm³/mol. The summed E-state index contributed by atoms with van der Waals surface area (Å²) in [5.74, 6) is 6.22. The van der Waals surface area contributed by atoms with Gasteiger partial charge in [-0.15, -0.1) is 0 Å². The van der Waals surface area contributed by atoms with E-state index in [1.807, 2.05) is 36.4 Å². The van der Waals surface area contributed by atoms with Gasteiger partial charge in [0.05, 0.1) is 27.6 Å². The molecule has 9 rings (SSSR count). The van der Waals surface area contributed by atoms with E-state index in [9.17, 15) is 0 Å². The Kier molecular flexibility index (Phi) is 8.14. The monoisotopic (exact) mass is 659 g/mol. The number of benzene rings is 6. The van der Waals surface area contributed by atoms with Gasteiger partial charge in [0, 0.05) is 43.9 Å². The lowest BCUT2D eigenvalue weighted by Crippen LogP contribution is -2.16. The molecule has 0 saturated heterocycles. The van der Waals surface area contributed by atoms with Gasteiger partial charge in [0.15, 0.2) is 5.84 Å². The SMILES string of the molecule is C=C/C=C(C=C)/C(=N/N)Nc1ccc(-n2c3ccccc3c3cc4cc5c6ccccc6c6ccccc6n5c4cc32)cc1.Cc1ccccc1. The molecule has 51 heavy (non-hydrogen) atoms. The molecule has 246 valence electrons. The van der Waals surface area contributed by atoms with Crippen molar-refractivity contribution in [1.82, 2.24) is 8.97 Å². The molecule has 0 amide bonds. The zero-order valence-corrected chi connectivity index (χ0v) is 28.4. The van der Waals surface area contributed by atoms with Crippen molar-refractivity contribution < 1.29 is 0 Å². The summed E-state index contributed by atoms with van der Waals surface area (Å²) in [6, 6.07) is 51.6. The maximum absolute atomic E-state index is 5.70. The number of nitrogens with one attached hydrogen (secondary N) is 1. The number of aryl methyl sites for hydroxylation is 1. The second kappa shape index (κ2) is 13.2. The predicted octanol–water partition coefficient (Wildman–Crippen LogP) is 11.5. The number of para-hydroxylation sites is 2. The molecule has 0 aliphatic heterocycles. The number of anilines is 1. The van der Waals surface area contributed by atoms with Crippen LogP contribution in [-0.4, -0.2) is 14.8 Å². The molecule has 3 N–H and O–H groups in total. The minimum absolute atomic E-state index is 0.520. The number of fused-ring (bicyclic) bond motifs is 11. The summed E-state index contributed by atoms with van der Waals surface area (Å²) >= 11 is 0. The normalized spacial score (nSPS) is 12.1. The third-order valence-corrected chi connectivity index (χ3v) is 9.48. The topological polar surface area (TPSA) is 59.8 Å². The number of amidine groups is 1. The van der Waals surface area contributed by atoms with Gasteiger partial charge < -0.3 is 20.1 Å². The highest BCUT2D eigenvalue weighted by molar-refractivity contribution is 6.19. The molecule has 0 atom stereocenters. The lowest BCUT2D eigenvalue weighted by Gasteiger charge is -2.12. The summed E-state index contributed by atoms with van der Waals surface area (Å²) in [6.45, 7) is 9.72. The first-order valence-corrected chi connectivity index (χ1v) is 17.0. The van der Waals surface area contributed by atoms with Gasteiger partial charge in [0.25, 0.3) is 0 Å². The molecule has 9 aromatic rings. The summed E-state index contributed by atoms with van der Waals surface area (Å²) in [5.41, 5.74) is 9.94. The number of allylic oxidation sites excluding steroid dienone is 2. The first-order valence-electron chi connectivity index (χ1n) is 17.0. The first-order chi connectivity index (χ1) is 25.1. The Morgan fingerprint density at radius 2 is 1.22 bits per heavy atom. The molecule has 5 heteroatoms. The quantitative estimate of drug-likeness (QED) is 0.0482. The van der Waals surface area contributed by atoms with E-state index >= 15 is 0 Å². The number of hydrogen-bond donors (Lipinski definition) is 2. The Morgan fingerprint density at radius 3 is 1.84 bits per heavy atom. The zero-order chi connectivity index (χ0) is 34.9. The fourth-order valence-electron chi connectivity index (χ4n) is 7.16. The highest BCUT2D eigenvalue weighted by Crippen LogP contribution is 2.39. The second-order valence-corrected chi connectivity index (χ2v) is 12.6. The summed E-state index contributed by atoms with van der Waals surface area (Å²) in [5, 5.41) is 14.7. The van der Waals surface area contributed by atoms with Crippen molar-refractivity contribution in [2.45, 2.75) is 6.92 Å². The van der Waals surface area contributed by atoms with Crippen LogP contribution in [0, 0.1) is 6.92 Å². The van der Waals surface area contributed by atoms with E-state index in [0.29, 0.717) is 5.84 Å². The number of nitrogens with zero attached hydrogens (tertiary/aromatic N) is 3. The molecular formula is C46H37N5. The van der Waals surface area contributed by atoms with Crippen molar-refractivity contribution in [3.63, 3.8) is 0 Å². The molecule has 5 nitrogen and oxygen atoms in total. The van der Waals surface area contributed by atoms with Gasteiger partial charge in [-0.3, -0.25) is 0 Å². The van der Waals surface area contributed by atoms with E-state index in [4.69, 9.17) is 5.84 Å². The van der Waals surface area contributed by atoms with Crippen LogP contribution in [0.1, 0.15) is 5.56 Å². The van der Waals surface area contributed by atoms with Gasteiger partial charge in [0.2, 0.25) is 0 Å². The van der Waals surface area contributed by atoms with Crippen molar-refractivity contribution in [2.75, 3.05) is 5.32 Å². The third kappa shape index (κ3) is 5.51. The van der Waals surface area contributed by atoms with Crippen LogP contribution < -0.4 is 11.2 Å². The number of pyridine rings is 1. The lowest BCUT2D eigenvalue weighted by atomic mass is 10.1. The van der Waals surface area contributed by atoms with Crippen LogP contribution in [0.2, 0.25) is 0 Å². The van der Waals surface area contributed by atoms with E-state index in [1.54, 1.807) is 12.2 Å². The third-order valence-electron chi connectivity index (χ3n) is 9.48. The molecule has 0 fully saturated rings. The van der Waals surface area contributed by atoms with Crippen molar-refractivity contribution in [3.05, 3.63) is 188 Å². The van der Waals surface area contributed by atoms with Gasteiger partial charge in [-0.2, -0.15) is 5.10 Å². The minimum atomic E-state index is 0.520. The number of hydrazone groups is 1. The highest BCUT2D eigenvalue weighted by Gasteiger charge is 2.17. The van der Waals surface area contributed by atoms with Gasteiger partial charge in [-0.05, 0) is 66.9 Å². The second-order valence-electron chi connectivity index (χ2n) is 12.6. The smallest absolute Gasteiger partial charge is 0.157 e. The Bertz CT molecular complexity index is 2810. The maximum Gasteiger partial charge on any atom is 0.157 e. The molecular weight excluding hydrogens is 623 g/mol. The zero-order valence-electron chi connectivity index (χ0n) is 28.4. The minimum Gasteiger partial charge on any atom is -0.338 e. The molecule has 0 spiro atoms. The van der Waals surface area contributed by atoms with Crippen LogP contribution in [0.4, 0.5) is 5.69 Å². The Labute approximate surface area is 296 Å². The van der Waals surface area contributed by atoms with Gasteiger partial charge in [-0.25, -0.2) is 0 Å². The van der Waals surface area contributed by atoms with Crippen LogP contribution in [0.25, 0.3) is 65.6 Å². The number of nitrogens with two attached hydrogens (primary N) is 1. The van der Waals surface area contributed by atoms with E-state index in [2.05, 4.69) is 155 Å². The van der Waals surface area contributed by atoms with Crippen LogP contribution in [0.15, 0.2) is 188 Å². The van der Waals surface area contributed by atoms with Crippen molar-refractivity contribution in [1.29, 1.82) is 0 Å². The average molecular weight is 660 g/mol. The van der Waals surface area contributed by atoms with Gasteiger partial charge >= 0.3 is 0 Å². The van der Waals surface area contributed by atoms with E-state index < -0.39 is 0 Å². The number of aromatic nitrogens is 2. The first kappa shape index (κ1) is 31.4. The van der Waals surface area contributed by atoms with E-state index in [1.165, 1.54) is 54.4 Å².